The van der Waals surface area contributed by atoms with Crippen molar-refractivity contribution in [1.82, 2.24) is 9.97 Å². The summed E-state index contributed by atoms with van der Waals surface area (Å²) in [4.78, 5) is 17.1. The fourth-order valence-corrected chi connectivity index (χ4v) is 4.52. The number of aryl methyl sites for hydroxylation is 3. The number of anilines is 2. The Morgan fingerprint density at radius 3 is 2.32 bits per heavy atom. The summed E-state index contributed by atoms with van der Waals surface area (Å²) in [6.07, 6.45) is 0.878. The van der Waals surface area contributed by atoms with E-state index in [0.29, 0.717) is 0 Å². The van der Waals surface area contributed by atoms with Crippen molar-refractivity contribution in [1.29, 1.82) is 0 Å². The van der Waals surface area contributed by atoms with Crippen LogP contribution in [0.2, 0.25) is 0 Å². The standard InChI is InChI=1S/C20H24N4S/c1-4-17-21-19(18-14(2)15(3)25-20(18)22-17)24-12-10-23(11-13-24)16-8-6-5-7-9-16/h5-9H,4,10-13H2,1-3H3. The third-order valence-electron chi connectivity index (χ3n) is 5.07. The van der Waals surface area contributed by atoms with E-state index in [1.165, 1.54) is 21.5 Å². The highest BCUT2D eigenvalue weighted by atomic mass is 32.1. The van der Waals surface area contributed by atoms with Gasteiger partial charge in [-0.15, -0.1) is 11.3 Å². The molecule has 4 nitrogen and oxygen atoms in total. The van der Waals surface area contributed by atoms with Gasteiger partial charge in [0.05, 0.1) is 5.39 Å². The van der Waals surface area contributed by atoms with Crippen molar-refractivity contribution >= 4 is 33.1 Å². The van der Waals surface area contributed by atoms with Crippen molar-refractivity contribution in [3.05, 3.63) is 46.6 Å². The molecular weight excluding hydrogens is 328 g/mol. The molecular formula is C20H24N4S. The number of thiophene rings is 1. The van der Waals surface area contributed by atoms with Gasteiger partial charge in [0.25, 0.3) is 0 Å². The van der Waals surface area contributed by atoms with Crippen LogP contribution in [0.25, 0.3) is 10.2 Å². The van der Waals surface area contributed by atoms with E-state index in [-0.39, 0.29) is 0 Å². The van der Waals surface area contributed by atoms with Gasteiger partial charge in [-0.05, 0) is 31.5 Å². The summed E-state index contributed by atoms with van der Waals surface area (Å²) in [7, 11) is 0. The highest BCUT2D eigenvalue weighted by molar-refractivity contribution is 7.18. The number of fused-ring (bicyclic) bond motifs is 1. The molecule has 130 valence electrons. The lowest BCUT2D eigenvalue weighted by molar-refractivity contribution is 0.647. The molecule has 25 heavy (non-hydrogen) atoms. The number of para-hydroxylation sites is 1. The molecule has 0 atom stereocenters. The molecule has 0 saturated carbocycles. The zero-order valence-corrected chi connectivity index (χ0v) is 15.9. The molecule has 1 aliphatic heterocycles. The third-order valence-corrected chi connectivity index (χ3v) is 6.17. The number of aromatic nitrogens is 2. The first-order valence-corrected chi connectivity index (χ1v) is 9.80. The summed E-state index contributed by atoms with van der Waals surface area (Å²) in [5.41, 5.74) is 2.65. The number of hydrogen-bond donors (Lipinski definition) is 0. The van der Waals surface area contributed by atoms with E-state index in [0.717, 1.165) is 49.1 Å². The maximum Gasteiger partial charge on any atom is 0.141 e. The molecule has 5 heteroatoms. The van der Waals surface area contributed by atoms with Crippen LogP contribution >= 0.6 is 11.3 Å². The molecule has 0 spiro atoms. The number of nitrogens with zero attached hydrogens (tertiary/aromatic N) is 4. The quantitative estimate of drug-likeness (QED) is 0.707. The summed E-state index contributed by atoms with van der Waals surface area (Å²) in [5.74, 6) is 2.09. The Hall–Kier alpha value is -2.14. The molecule has 1 fully saturated rings. The van der Waals surface area contributed by atoms with Gasteiger partial charge in [-0.2, -0.15) is 0 Å². The van der Waals surface area contributed by atoms with E-state index in [2.05, 4.69) is 60.9 Å². The first kappa shape index (κ1) is 16.3. The number of benzene rings is 1. The van der Waals surface area contributed by atoms with E-state index in [4.69, 9.17) is 9.97 Å². The number of piperazine rings is 1. The number of rotatable bonds is 3. The average molecular weight is 353 g/mol. The molecule has 0 aliphatic carbocycles. The largest absolute Gasteiger partial charge is 0.368 e. The van der Waals surface area contributed by atoms with Crippen LogP contribution in [0, 0.1) is 13.8 Å². The second-order valence-corrected chi connectivity index (χ2v) is 7.79. The molecule has 1 aliphatic rings. The van der Waals surface area contributed by atoms with E-state index >= 15 is 0 Å². The first-order valence-electron chi connectivity index (χ1n) is 8.99. The molecule has 0 radical (unpaired) electrons. The summed E-state index contributed by atoms with van der Waals surface area (Å²) < 4.78 is 0. The van der Waals surface area contributed by atoms with Crippen LogP contribution in [-0.4, -0.2) is 36.1 Å². The van der Waals surface area contributed by atoms with Crippen LogP contribution in [-0.2, 0) is 6.42 Å². The van der Waals surface area contributed by atoms with Crippen molar-refractivity contribution in [3.8, 4) is 0 Å². The zero-order valence-electron chi connectivity index (χ0n) is 15.1. The van der Waals surface area contributed by atoms with Gasteiger partial charge in [-0.1, -0.05) is 25.1 Å². The molecule has 0 bridgehead atoms. The molecule has 0 unspecified atom stereocenters. The minimum absolute atomic E-state index is 0.878. The Balaban J connectivity index is 1.64. The normalized spacial score (nSPS) is 15.2. The molecule has 3 aromatic rings. The zero-order chi connectivity index (χ0) is 17.4. The smallest absolute Gasteiger partial charge is 0.141 e. The van der Waals surface area contributed by atoms with E-state index in [9.17, 15) is 0 Å². The van der Waals surface area contributed by atoms with Gasteiger partial charge in [0, 0.05) is 43.2 Å². The lowest BCUT2D eigenvalue weighted by Crippen LogP contribution is -2.47. The highest BCUT2D eigenvalue weighted by Gasteiger charge is 2.23. The minimum atomic E-state index is 0.878. The van der Waals surface area contributed by atoms with Gasteiger partial charge >= 0.3 is 0 Å². The fraction of sp³-hybridized carbons (Fsp3) is 0.400. The van der Waals surface area contributed by atoms with E-state index < -0.39 is 0 Å². The van der Waals surface area contributed by atoms with Crippen molar-refractivity contribution in [2.45, 2.75) is 27.2 Å². The Kier molecular flexibility index (Phi) is 4.34. The maximum atomic E-state index is 4.92. The third kappa shape index (κ3) is 2.97. The van der Waals surface area contributed by atoms with Crippen LogP contribution < -0.4 is 9.80 Å². The fourth-order valence-electron chi connectivity index (χ4n) is 3.47. The van der Waals surface area contributed by atoms with Gasteiger partial charge in [0.2, 0.25) is 0 Å². The van der Waals surface area contributed by atoms with Gasteiger partial charge < -0.3 is 9.80 Å². The monoisotopic (exact) mass is 352 g/mol. The summed E-state index contributed by atoms with van der Waals surface area (Å²) in [6, 6.07) is 10.7. The molecule has 1 saturated heterocycles. The van der Waals surface area contributed by atoms with Gasteiger partial charge in [-0.3, -0.25) is 0 Å². The summed E-state index contributed by atoms with van der Waals surface area (Å²) in [5, 5.41) is 1.26. The number of hydrogen-bond acceptors (Lipinski definition) is 5. The Morgan fingerprint density at radius 2 is 1.64 bits per heavy atom. The first-order chi connectivity index (χ1) is 12.2. The molecule has 1 aromatic carbocycles. The average Bonchev–Trinajstić information content (AvgIpc) is 2.96. The molecule has 3 heterocycles. The van der Waals surface area contributed by atoms with Crippen molar-refractivity contribution in [2.24, 2.45) is 0 Å². The summed E-state index contributed by atoms with van der Waals surface area (Å²) in [6.45, 7) is 10.6. The van der Waals surface area contributed by atoms with Crippen molar-refractivity contribution < 1.29 is 0 Å². The predicted octanol–water partition coefficient (Wildman–Crippen LogP) is 4.20. The van der Waals surface area contributed by atoms with Crippen LogP contribution in [0.15, 0.2) is 30.3 Å². The Morgan fingerprint density at radius 1 is 0.960 bits per heavy atom. The minimum Gasteiger partial charge on any atom is -0.368 e. The Bertz CT molecular complexity index is 880. The maximum absolute atomic E-state index is 4.92. The topological polar surface area (TPSA) is 32.3 Å². The lowest BCUT2D eigenvalue weighted by Gasteiger charge is -2.37. The van der Waals surface area contributed by atoms with Crippen molar-refractivity contribution in [3.63, 3.8) is 0 Å². The lowest BCUT2D eigenvalue weighted by atomic mass is 10.2. The van der Waals surface area contributed by atoms with Gasteiger partial charge in [0.15, 0.2) is 0 Å². The molecule has 0 amide bonds. The van der Waals surface area contributed by atoms with Gasteiger partial charge in [0.1, 0.15) is 16.5 Å². The molecule has 4 rings (SSSR count). The SMILES string of the molecule is CCc1nc(N2CCN(c3ccccc3)CC2)c2c(C)c(C)sc2n1. The highest BCUT2D eigenvalue weighted by Crippen LogP contribution is 2.35. The van der Waals surface area contributed by atoms with E-state index in [1.807, 2.05) is 0 Å². The Labute approximate surface area is 153 Å². The van der Waals surface area contributed by atoms with E-state index in [1.54, 1.807) is 11.3 Å². The van der Waals surface area contributed by atoms with Crippen molar-refractivity contribution in [2.75, 3.05) is 36.0 Å². The van der Waals surface area contributed by atoms with Crippen LogP contribution in [0.3, 0.4) is 0 Å². The second-order valence-electron chi connectivity index (χ2n) is 6.59. The van der Waals surface area contributed by atoms with Gasteiger partial charge in [-0.25, -0.2) is 9.97 Å². The molecule has 0 N–H and O–H groups in total. The van der Waals surface area contributed by atoms with Crippen LogP contribution in [0.1, 0.15) is 23.2 Å². The summed E-state index contributed by atoms with van der Waals surface area (Å²) >= 11 is 1.80. The molecule has 2 aromatic heterocycles. The van der Waals surface area contributed by atoms with Crippen LogP contribution in [0.4, 0.5) is 11.5 Å². The van der Waals surface area contributed by atoms with Crippen LogP contribution in [0.5, 0.6) is 0 Å². The predicted molar refractivity (Wildman–Crippen MR) is 107 cm³/mol. The second kappa shape index (κ2) is 6.64.